The fourth-order valence-corrected chi connectivity index (χ4v) is 2.58. The van der Waals surface area contributed by atoms with Gasteiger partial charge in [0.05, 0.1) is 23.4 Å². The van der Waals surface area contributed by atoms with Gasteiger partial charge in [0.15, 0.2) is 0 Å². The summed E-state index contributed by atoms with van der Waals surface area (Å²) in [5.41, 5.74) is 2.38. The van der Waals surface area contributed by atoms with E-state index in [0.29, 0.717) is 12.1 Å². The molecule has 0 aliphatic rings. The molecular weight excluding hydrogens is 274 g/mol. The summed E-state index contributed by atoms with van der Waals surface area (Å²) in [7, 11) is 1.83. The highest BCUT2D eigenvalue weighted by Crippen LogP contribution is 2.23. The van der Waals surface area contributed by atoms with Gasteiger partial charge in [-0.3, -0.25) is 4.79 Å². The van der Waals surface area contributed by atoms with Crippen LogP contribution in [0, 0.1) is 6.92 Å². The molecule has 0 spiro atoms. The van der Waals surface area contributed by atoms with Crippen molar-refractivity contribution in [3.8, 4) is 11.3 Å². The molecule has 20 heavy (non-hydrogen) atoms. The number of aryl methyl sites for hydroxylation is 2. The maximum Gasteiger partial charge on any atom is 0.268 e. The van der Waals surface area contributed by atoms with Crippen LogP contribution in [0.15, 0.2) is 17.6 Å². The molecule has 2 aromatic rings. The predicted molar refractivity (Wildman–Crippen MR) is 79.9 cm³/mol. The zero-order valence-corrected chi connectivity index (χ0v) is 12.7. The standard InChI is InChI=1S/C14H19N3O2S/c1-4-11(7-18)16-14(19)13-5-10(6-17(13)3)12-8-20-9(2)15-12/h5-6,8,11,18H,4,7H2,1-3H3,(H,16,19). The van der Waals surface area contributed by atoms with Crippen LogP contribution in [0.4, 0.5) is 0 Å². The first-order valence-electron chi connectivity index (χ1n) is 6.55. The van der Waals surface area contributed by atoms with Crippen LogP contribution in [-0.4, -0.2) is 33.2 Å². The molecule has 0 saturated carbocycles. The molecule has 0 fully saturated rings. The molecule has 2 heterocycles. The number of amides is 1. The number of aliphatic hydroxyl groups excluding tert-OH is 1. The van der Waals surface area contributed by atoms with Gasteiger partial charge < -0.3 is 15.0 Å². The molecule has 0 bridgehead atoms. The zero-order chi connectivity index (χ0) is 14.7. The van der Waals surface area contributed by atoms with Gasteiger partial charge in [0.2, 0.25) is 0 Å². The van der Waals surface area contributed by atoms with Crippen molar-refractivity contribution in [2.24, 2.45) is 7.05 Å². The van der Waals surface area contributed by atoms with E-state index >= 15 is 0 Å². The van der Waals surface area contributed by atoms with Crippen LogP contribution in [-0.2, 0) is 7.05 Å². The SMILES string of the molecule is CCC(CO)NC(=O)c1cc(-c2csc(C)n2)cn1C. The lowest BCUT2D eigenvalue weighted by Gasteiger charge is -2.13. The van der Waals surface area contributed by atoms with Crippen molar-refractivity contribution >= 4 is 17.2 Å². The summed E-state index contributed by atoms with van der Waals surface area (Å²) >= 11 is 1.59. The Morgan fingerprint density at radius 1 is 1.60 bits per heavy atom. The summed E-state index contributed by atoms with van der Waals surface area (Å²) in [5.74, 6) is -0.174. The number of aliphatic hydroxyl groups is 1. The molecule has 0 saturated heterocycles. The minimum Gasteiger partial charge on any atom is -0.394 e. The summed E-state index contributed by atoms with van der Waals surface area (Å²) in [4.78, 5) is 16.6. The van der Waals surface area contributed by atoms with E-state index in [2.05, 4.69) is 10.3 Å². The average molecular weight is 293 g/mol. The van der Waals surface area contributed by atoms with Gasteiger partial charge in [-0.2, -0.15) is 0 Å². The number of carbonyl (C=O) groups excluding carboxylic acids is 1. The Labute approximate surface area is 122 Å². The second-order valence-corrected chi connectivity index (χ2v) is 5.80. The lowest BCUT2D eigenvalue weighted by atomic mass is 10.2. The Balaban J connectivity index is 2.21. The van der Waals surface area contributed by atoms with E-state index < -0.39 is 0 Å². The van der Waals surface area contributed by atoms with Crippen molar-refractivity contribution in [1.29, 1.82) is 0 Å². The smallest absolute Gasteiger partial charge is 0.268 e. The van der Waals surface area contributed by atoms with E-state index in [1.165, 1.54) is 0 Å². The van der Waals surface area contributed by atoms with Gasteiger partial charge in [-0.15, -0.1) is 11.3 Å². The normalized spacial score (nSPS) is 12.4. The fourth-order valence-electron chi connectivity index (χ4n) is 1.96. The first-order chi connectivity index (χ1) is 9.55. The van der Waals surface area contributed by atoms with Gasteiger partial charge in [-0.1, -0.05) is 6.92 Å². The molecule has 0 radical (unpaired) electrons. The van der Waals surface area contributed by atoms with Crippen LogP contribution in [0.1, 0.15) is 28.8 Å². The molecule has 0 aliphatic carbocycles. The first-order valence-corrected chi connectivity index (χ1v) is 7.43. The van der Waals surface area contributed by atoms with Crippen LogP contribution in [0.25, 0.3) is 11.3 Å². The zero-order valence-electron chi connectivity index (χ0n) is 11.9. The highest BCUT2D eigenvalue weighted by atomic mass is 32.1. The molecule has 5 nitrogen and oxygen atoms in total. The van der Waals surface area contributed by atoms with Crippen LogP contribution < -0.4 is 5.32 Å². The van der Waals surface area contributed by atoms with Gasteiger partial charge in [0.25, 0.3) is 5.91 Å². The second kappa shape index (κ2) is 6.19. The topological polar surface area (TPSA) is 67.2 Å². The van der Waals surface area contributed by atoms with Gasteiger partial charge >= 0.3 is 0 Å². The van der Waals surface area contributed by atoms with E-state index in [9.17, 15) is 4.79 Å². The third-order valence-corrected chi connectivity index (χ3v) is 3.97. The summed E-state index contributed by atoms with van der Waals surface area (Å²) in [6, 6.07) is 1.62. The Morgan fingerprint density at radius 2 is 2.35 bits per heavy atom. The van der Waals surface area contributed by atoms with E-state index in [-0.39, 0.29) is 18.6 Å². The minimum absolute atomic E-state index is 0.0508. The Hall–Kier alpha value is -1.66. The van der Waals surface area contributed by atoms with Crippen molar-refractivity contribution in [2.45, 2.75) is 26.3 Å². The van der Waals surface area contributed by atoms with Crippen LogP contribution in [0.3, 0.4) is 0 Å². The summed E-state index contributed by atoms with van der Waals surface area (Å²) in [5, 5.41) is 14.9. The molecular formula is C14H19N3O2S. The Morgan fingerprint density at radius 3 is 2.90 bits per heavy atom. The lowest BCUT2D eigenvalue weighted by molar-refractivity contribution is 0.0906. The van der Waals surface area contributed by atoms with Gasteiger partial charge in [-0.05, 0) is 19.4 Å². The third-order valence-electron chi connectivity index (χ3n) is 3.20. The summed E-state index contributed by atoms with van der Waals surface area (Å²) in [6.07, 6.45) is 2.59. The van der Waals surface area contributed by atoms with Gasteiger partial charge in [0, 0.05) is 24.2 Å². The number of rotatable bonds is 5. The number of thiazole rings is 1. The van der Waals surface area contributed by atoms with E-state index in [4.69, 9.17) is 5.11 Å². The summed E-state index contributed by atoms with van der Waals surface area (Å²) in [6.45, 7) is 3.83. The molecule has 2 rings (SSSR count). The molecule has 108 valence electrons. The highest BCUT2D eigenvalue weighted by molar-refractivity contribution is 7.09. The van der Waals surface area contributed by atoms with Crippen molar-refractivity contribution in [3.63, 3.8) is 0 Å². The number of hydrogen-bond donors (Lipinski definition) is 2. The second-order valence-electron chi connectivity index (χ2n) is 4.74. The number of nitrogens with one attached hydrogen (secondary N) is 1. The van der Waals surface area contributed by atoms with E-state index in [0.717, 1.165) is 16.3 Å². The molecule has 1 unspecified atom stereocenters. The van der Waals surface area contributed by atoms with Crippen molar-refractivity contribution in [2.75, 3.05) is 6.61 Å². The van der Waals surface area contributed by atoms with Crippen LogP contribution in [0.2, 0.25) is 0 Å². The highest BCUT2D eigenvalue weighted by Gasteiger charge is 2.16. The van der Waals surface area contributed by atoms with Crippen LogP contribution in [0.5, 0.6) is 0 Å². The first kappa shape index (κ1) is 14.7. The van der Waals surface area contributed by atoms with E-state index in [1.807, 2.05) is 38.5 Å². The number of hydrogen-bond acceptors (Lipinski definition) is 4. The minimum atomic E-state index is -0.206. The Kier molecular flexibility index (Phi) is 4.57. The quantitative estimate of drug-likeness (QED) is 0.885. The number of carbonyl (C=O) groups is 1. The molecule has 0 aliphatic heterocycles. The van der Waals surface area contributed by atoms with Crippen molar-refractivity contribution in [3.05, 3.63) is 28.3 Å². The predicted octanol–water partition coefficient (Wildman–Crippen LogP) is 1.96. The maximum absolute atomic E-state index is 12.2. The van der Waals surface area contributed by atoms with Crippen LogP contribution >= 0.6 is 11.3 Å². The molecule has 1 amide bonds. The monoisotopic (exact) mass is 293 g/mol. The lowest BCUT2D eigenvalue weighted by Crippen LogP contribution is -2.37. The molecule has 6 heteroatoms. The number of aromatic nitrogens is 2. The molecule has 2 N–H and O–H groups in total. The van der Waals surface area contributed by atoms with E-state index in [1.54, 1.807) is 15.9 Å². The average Bonchev–Trinajstić information content (AvgIpc) is 3.01. The largest absolute Gasteiger partial charge is 0.394 e. The molecule has 1 atom stereocenters. The van der Waals surface area contributed by atoms with Gasteiger partial charge in [-0.25, -0.2) is 4.98 Å². The van der Waals surface area contributed by atoms with Crippen molar-refractivity contribution in [1.82, 2.24) is 14.9 Å². The summed E-state index contributed by atoms with van der Waals surface area (Å²) < 4.78 is 1.78. The maximum atomic E-state index is 12.2. The van der Waals surface area contributed by atoms with Gasteiger partial charge in [0.1, 0.15) is 5.69 Å². The number of nitrogens with zero attached hydrogens (tertiary/aromatic N) is 2. The molecule has 2 aromatic heterocycles. The third kappa shape index (κ3) is 3.08. The fraction of sp³-hybridized carbons (Fsp3) is 0.429. The van der Waals surface area contributed by atoms with Crippen molar-refractivity contribution < 1.29 is 9.90 Å². The molecule has 0 aromatic carbocycles. The Bertz CT molecular complexity index is 599.